The van der Waals surface area contributed by atoms with E-state index >= 15 is 0 Å². The summed E-state index contributed by atoms with van der Waals surface area (Å²) in [6, 6.07) is 4.00. The summed E-state index contributed by atoms with van der Waals surface area (Å²) in [5, 5.41) is 10.2. The maximum absolute atomic E-state index is 10.2. The van der Waals surface area contributed by atoms with E-state index in [-0.39, 0.29) is 12.0 Å². The van der Waals surface area contributed by atoms with Gasteiger partial charge in [0.2, 0.25) is 0 Å². The van der Waals surface area contributed by atoms with Crippen LogP contribution in [0.25, 0.3) is 0 Å². The maximum atomic E-state index is 10.2. The number of aromatic nitrogens is 1. The highest BCUT2D eigenvalue weighted by Gasteiger charge is 2.15. The lowest BCUT2D eigenvalue weighted by Crippen LogP contribution is -2.15. The molecule has 2 heteroatoms. The minimum Gasteiger partial charge on any atom is -0.393 e. The van der Waals surface area contributed by atoms with E-state index in [1.165, 1.54) is 44.1 Å². The maximum Gasteiger partial charge on any atom is 0.0606 e. The second kappa shape index (κ2) is 9.96. The third-order valence-corrected chi connectivity index (χ3v) is 3.91. The van der Waals surface area contributed by atoms with Crippen LogP contribution in [-0.2, 0) is 0 Å². The van der Waals surface area contributed by atoms with Gasteiger partial charge in [0.05, 0.1) is 6.10 Å². The first-order valence-electron chi connectivity index (χ1n) is 7.83. The van der Waals surface area contributed by atoms with Crippen molar-refractivity contribution in [3.05, 3.63) is 30.1 Å². The monoisotopic (exact) mass is 263 g/mol. The number of unbranched alkanes of at least 4 members (excludes halogenated alkanes) is 6. The van der Waals surface area contributed by atoms with Gasteiger partial charge in [0, 0.05) is 18.3 Å². The largest absolute Gasteiger partial charge is 0.393 e. The van der Waals surface area contributed by atoms with Crippen molar-refractivity contribution in [2.24, 2.45) is 0 Å². The molecule has 19 heavy (non-hydrogen) atoms. The molecule has 2 unspecified atom stereocenters. The molecule has 0 aromatic carbocycles. The molecule has 1 N–H and O–H groups in total. The zero-order valence-electron chi connectivity index (χ0n) is 12.5. The van der Waals surface area contributed by atoms with Gasteiger partial charge in [0.1, 0.15) is 0 Å². The summed E-state index contributed by atoms with van der Waals surface area (Å²) < 4.78 is 0. The Labute approximate surface area is 118 Å². The van der Waals surface area contributed by atoms with Crippen molar-refractivity contribution in [3.8, 4) is 0 Å². The minimum atomic E-state index is -0.224. The molecule has 1 aromatic heterocycles. The predicted molar refractivity (Wildman–Crippen MR) is 81.3 cm³/mol. The van der Waals surface area contributed by atoms with Crippen LogP contribution in [0.2, 0.25) is 0 Å². The van der Waals surface area contributed by atoms with E-state index in [0.29, 0.717) is 0 Å². The van der Waals surface area contributed by atoms with Crippen molar-refractivity contribution in [2.75, 3.05) is 0 Å². The predicted octanol–water partition coefficient (Wildman–Crippen LogP) is 4.69. The highest BCUT2D eigenvalue weighted by atomic mass is 16.3. The van der Waals surface area contributed by atoms with Crippen LogP contribution in [-0.4, -0.2) is 16.2 Å². The standard InChI is InChI=1S/C17H29NO/c1-3-4-5-6-7-8-9-10-17(19)15(2)16-11-13-18-14-12-16/h11-15,17,19H,3-10H2,1-2H3. The molecule has 0 bridgehead atoms. The van der Waals surface area contributed by atoms with Crippen molar-refractivity contribution in [3.63, 3.8) is 0 Å². The second-order valence-corrected chi connectivity index (χ2v) is 5.55. The van der Waals surface area contributed by atoms with Gasteiger partial charge in [-0.05, 0) is 24.1 Å². The van der Waals surface area contributed by atoms with Crippen LogP contribution in [0.5, 0.6) is 0 Å². The molecule has 0 amide bonds. The van der Waals surface area contributed by atoms with E-state index in [2.05, 4.69) is 18.8 Å². The molecular formula is C17H29NO. The molecule has 0 spiro atoms. The first-order chi connectivity index (χ1) is 9.25. The Bertz CT molecular complexity index is 312. The molecular weight excluding hydrogens is 234 g/mol. The first-order valence-corrected chi connectivity index (χ1v) is 7.83. The lowest BCUT2D eigenvalue weighted by atomic mass is 9.92. The molecule has 0 aliphatic rings. The molecule has 0 aliphatic carbocycles. The number of aliphatic hydroxyl groups is 1. The Balaban J connectivity index is 2.12. The van der Waals surface area contributed by atoms with Gasteiger partial charge >= 0.3 is 0 Å². The summed E-state index contributed by atoms with van der Waals surface area (Å²) in [6.45, 7) is 4.35. The lowest BCUT2D eigenvalue weighted by molar-refractivity contribution is 0.136. The second-order valence-electron chi connectivity index (χ2n) is 5.55. The molecule has 0 saturated carbocycles. The summed E-state index contributed by atoms with van der Waals surface area (Å²) >= 11 is 0. The average Bonchev–Trinajstić information content (AvgIpc) is 2.46. The Morgan fingerprint density at radius 3 is 2.21 bits per heavy atom. The fourth-order valence-electron chi connectivity index (χ4n) is 2.45. The smallest absolute Gasteiger partial charge is 0.0606 e. The molecule has 108 valence electrons. The number of hydrogen-bond donors (Lipinski definition) is 1. The Morgan fingerprint density at radius 2 is 1.58 bits per heavy atom. The zero-order valence-corrected chi connectivity index (χ0v) is 12.5. The third kappa shape index (κ3) is 6.72. The SMILES string of the molecule is CCCCCCCCCC(O)C(C)c1ccncc1. The molecule has 2 atom stereocenters. The number of aliphatic hydroxyl groups excluding tert-OH is 1. The van der Waals surface area contributed by atoms with Gasteiger partial charge in [-0.2, -0.15) is 0 Å². The molecule has 0 aliphatic heterocycles. The van der Waals surface area contributed by atoms with Gasteiger partial charge in [-0.15, -0.1) is 0 Å². The normalized spacial score (nSPS) is 14.3. The van der Waals surface area contributed by atoms with Gasteiger partial charge < -0.3 is 5.11 Å². The van der Waals surface area contributed by atoms with E-state index in [4.69, 9.17) is 0 Å². The average molecular weight is 263 g/mol. The summed E-state index contributed by atoms with van der Waals surface area (Å²) in [4.78, 5) is 4.02. The number of nitrogens with zero attached hydrogens (tertiary/aromatic N) is 1. The molecule has 0 fully saturated rings. The number of hydrogen-bond acceptors (Lipinski definition) is 2. The van der Waals surface area contributed by atoms with E-state index in [0.717, 1.165) is 12.8 Å². The lowest BCUT2D eigenvalue weighted by Gasteiger charge is -2.19. The summed E-state index contributed by atoms with van der Waals surface area (Å²) in [5.74, 6) is 0.211. The van der Waals surface area contributed by atoms with Crippen molar-refractivity contribution in [2.45, 2.75) is 77.2 Å². The molecule has 1 rings (SSSR count). The zero-order chi connectivity index (χ0) is 13.9. The van der Waals surface area contributed by atoms with Gasteiger partial charge in [0.15, 0.2) is 0 Å². The quantitative estimate of drug-likeness (QED) is 0.621. The van der Waals surface area contributed by atoms with E-state index < -0.39 is 0 Å². The summed E-state index contributed by atoms with van der Waals surface area (Å²) in [7, 11) is 0. The molecule has 2 nitrogen and oxygen atoms in total. The van der Waals surface area contributed by atoms with Gasteiger partial charge in [-0.1, -0.05) is 58.8 Å². The van der Waals surface area contributed by atoms with Gasteiger partial charge in [0.25, 0.3) is 0 Å². The van der Waals surface area contributed by atoms with E-state index in [1.807, 2.05) is 12.1 Å². The van der Waals surface area contributed by atoms with Crippen LogP contribution in [0.15, 0.2) is 24.5 Å². The van der Waals surface area contributed by atoms with Crippen molar-refractivity contribution < 1.29 is 5.11 Å². The van der Waals surface area contributed by atoms with Crippen molar-refractivity contribution in [1.82, 2.24) is 4.98 Å². The van der Waals surface area contributed by atoms with Crippen LogP contribution in [0, 0.1) is 0 Å². The molecule has 1 aromatic rings. The first kappa shape index (κ1) is 16.2. The highest BCUT2D eigenvalue weighted by Crippen LogP contribution is 2.22. The highest BCUT2D eigenvalue weighted by molar-refractivity contribution is 5.16. The summed E-state index contributed by atoms with van der Waals surface area (Å²) in [6.07, 6.45) is 13.4. The molecule has 1 heterocycles. The number of pyridine rings is 1. The van der Waals surface area contributed by atoms with Crippen LogP contribution < -0.4 is 0 Å². The summed E-state index contributed by atoms with van der Waals surface area (Å²) in [5.41, 5.74) is 1.19. The van der Waals surface area contributed by atoms with Crippen LogP contribution >= 0.6 is 0 Å². The van der Waals surface area contributed by atoms with E-state index in [1.54, 1.807) is 12.4 Å². The fourth-order valence-corrected chi connectivity index (χ4v) is 2.45. The third-order valence-electron chi connectivity index (χ3n) is 3.91. The van der Waals surface area contributed by atoms with Crippen molar-refractivity contribution >= 4 is 0 Å². The van der Waals surface area contributed by atoms with Crippen molar-refractivity contribution in [1.29, 1.82) is 0 Å². The van der Waals surface area contributed by atoms with Crippen LogP contribution in [0.1, 0.15) is 76.7 Å². The van der Waals surface area contributed by atoms with E-state index in [9.17, 15) is 5.11 Å². The topological polar surface area (TPSA) is 33.1 Å². The van der Waals surface area contributed by atoms with Crippen LogP contribution in [0.4, 0.5) is 0 Å². The molecule has 0 radical (unpaired) electrons. The Hall–Kier alpha value is -0.890. The Kier molecular flexibility index (Phi) is 8.48. The van der Waals surface area contributed by atoms with Gasteiger partial charge in [-0.3, -0.25) is 4.98 Å². The minimum absolute atomic E-state index is 0.211. The number of rotatable bonds is 10. The fraction of sp³-hybridized carbons (Fsp3) is 0.706. The Morgan fingerprint density at radius 1 is 1.00 bits per heavy atom. The van der Waals surface area contributed by atoms with Gasteiger partial charge in [-0.25, -0.2) is 0 Å². The van der Waals surface area contributed by atoms with Crippen LogP contribution in [0.3, 0.4) is 0 Å². The molecule has 0 saturated heterocycles.